The van der Waals surface area contributed by atoms with Crippen molar-refractivity contribution in [2.24, 2.45) is 0 Å². The number of nitrogens with zero attached hydrogens (tertiary/aromatic N) is 2. The molecule has 0 saturated heterocycles. The van der Waals surface area contributed by atoms with E-state index < -0.39 is 11.7 Å². The Morgan fingerprint density at radius 1 is 0.895 bits per heavy atom. The van der Waals surface area contributed by atoms with Gasteiger partial charge < -0.3 is 19.5 Å². The summed E-state index contributed by atoms with van der Waals surface area (Å²) < 4.78 is 32.4. The minimum atomic E-state index is -0.518. The Balaban J connectivity index is 1.54. The van der Waals surface area contributed by atoms with Crippen molar-refractivity contribution in [2.45, 2.75) is 19.4 Å². The zero-order valence-corrected chi connectivity index (χ0v) is 21.3. The van der Waals surface area contributed by atoms with Crippen molar-refractivity contribution in [2.75, 3.05) is 33.4 Å². The van der Waals surface area contributed by atoms with Gasteiger partial charge in [0.05, 0.1) is 0 Å². The summed E-state index contributed by atoms with van der Waals surface area (Å²) in [6.07, 6.45) is 3.06. The maximum atomic E-state index is 13.8. The van der Waals surface area contributed by atoms with Crippen molar-refractivity contribution < 1.29 is 23.1 Å². The first-order chi connectivity index (χ1) is 18.4. The molecule has 1 heterocycles. The highest BCUT2D eigenvalue weighted by Gasteiger charge is 2.23. The summed E-state index contributed by atoms with van der Waals surface area (Å²) in [5, 5.41) is 1.09. The Kier molecular flexibility index (Phi) is 9.21. The Hall–Kier alpha value is -4.04. The number of rotatable bonds is 12. The van der Waals surface area contributed by atoms with Gasteiger partial charge in [-0.25, -0.2) is 8.78 Å². The highest BCUT2D eigenvalue weighted by molar-refractivity contribution is 5.96. The minimum Gasteiger partial charge on any atom is -0.385 e. The normalized spacial score (nSPS) is 11.0. The predicted molar refractivity (Wildman–Crippen MR) is 143 cm³/mol. The van der Waals surface area contributed by atoms with Crippen LogP contribution in [0.5, 0.6) is 0 Å². The largest absolute Gasteiger partial charge is 0.385 e. The van der Waals surface area contributed by atoms with E-state index in [1.54, 1.807) is 24.1 Å². The monoisotopic (exact) mass is 519 g/mol. The molecule has 0 radical (unpaired) electrons. The van der Waals surface area contributed by atoms with E-state index in [1.807, 2.05) is 30.5 Å². The van der Waals surface area contributed by atoms with E-state index in [2.05, 4.69) is 4.98 Å². The van der Waals surface area contributed by atoms with E-state index in [0.29, 0.717) is 26.0 Å². The number of H-pyrrole nitrogens is 1. The molecule has 0 aliphatic carbocycles. The third-order valence-corrected chi connectivity index (χ3v) is 6.43. The molecule has 0 atom stereocenters. The van der Waals surface area contributed by atoms with Gasteiger partial charge in [0.1, 0.15) is 18.2 Å². The molecule has 8 heteroatoms. The number of aromatic nitrogens is 1. The quantitative estimate of drug-likeness (QED) is 0.262. The molecule has 2 amide bonds. The van der Waals surface area contributed by atoms with Crippen LogP contribution in [0.1, 0.15) is 27.9 Å². The first kappa shape index (κ1) is 27.0. The smallest absolute Gasteiger partial charge is 0.254 e. The summed E-state index contributed by atoms with van der Waals surface area (Å²) in [5.74, 6) is -1.55. The van der Waals surface area contributed by atoms with Crippen molar-refractivity contribution in [3.8, 4) is 0 Å². The van der Waals surface area contributed by atoms with E-state index in [4.69, 9.17) is 4.74 Å². The molecule has 0 unspecified atom stereocenters. The van der Waals surface area contributed by atoms with Crippen LogP contribution >= 0.6 is 0 Å². The molecule has 0 saturated carbocycles. The van der Waals surface area contributed by atoms with Gasteiger partial charge in [0.2, 0.25) is 5.91 Å². The average Bonchev–Trinajstić information content (AvgIpc) is 3.34. The van der Waals surface area contributed by atoms with Crippen LogP contribution in [0.3, 0.4) is 0 Å². The molecule has 4 aromatic rings. The number of hydrogen-bond acceptors (Lipinski definition) is 3. The Morgan fingerprint density at radius 2 is 1.68 bits per heavy atom. The van der Waals surface area contributed by atoms with Crippen LogP contribution in [-0.2, 0) is 22.5 Å². The lowest BCUT2D eigenvalue weighted by Gasteiger charge is -2.28. The van der Waals surface area contributed by atoms with Gasteiger partial charge in [-0.3, -0.25) is 9.59 Å². The summed E-state index contributed by atoms with van der Waals surface area (Å²) in [4.78, 5) is 33.2. The average molecular weight is 520 g/mol. The molecular formula is C30H31F2N3O3. The second kappa shape index (κ2) is 13.0. The number of carbonyl (C=O) groups is 2. The lowest BCUT2D eigenvalue weighted by molar-refractivity contribution is -0.132. The molecule has 198 valence electrons. The fourth-order valence-electron chi connectivity index (χ4n) is 4.42. The lowest BCUT2D eigenvalue weighted by Crippen LogP contribution is -2.44. The van der Waals surface area contributed by atoms with Crippen molar-refractivity contribution in [1.82, 2.24) is 14.8 Å². The van der Waals surface area contributed by atoms with Gasteiger partial charge in [-0.1, -0.05) is 36.4 Å². The molecule has 0 aliphatic heterocycles. The van der Waals surface area contributed by atoms with Crippen molar-refractivity contribution >= 4 is 22.7 Å². The molecule has 0 aliphatic rings. The maximum Gasteiger partial charge on any atom is 0.254 e. The van der Waals surface area contributed by atoms with E-state index in [9.17, 15) is 18.4 Å². The molecule has 0 bridgehead atoms. The number of methoxy groups -OCH3 is 1. The number of hydrogen-bond donors (Lipinski definition) is 1. The van der Waals surface area contributed by atoms with Crippen LogP contribution in [-0.4, -0.2) is 59.9 Å². The molecule has 0 spiro atoms. The number of fused-ring (bicyclic) bond motifs is 1. The zero-order chi connectivity index (χ0) is 26.9. The number of amides is 2. The molecule has 6 nitrogen and oxygen atoms in total. The zero-order valence-electron chi connectivity index (χ0n) is 21.3. The van der Waals surface area contributed by atoms with E-state index >= 15 is 0 Å². The standard InChI is InChI=1S/C30H31F2N3O3/c1-38-17-5-15-35(30(37)23-6-4-7-26(32)18-23)21-29(36)34(20-22-10-12-25(31)13-11-22)16-14-24-19-33-28-9-3-2-8-27(24)28/h2-4,6-13,18-19,33H,5,14-17,20-21H2,1H3. The highest BCUT2D eigenvalue weighted by Crippen LogP contribution is 2.19. The first-order valence-corrected chi connectivity index (χ1v) is 12.6. The number of carbonyl (C=O) groups excluding carboxylic acids is 2. The van der Waals surface area contributed by atoms with Gasteiger partial charge in [0.25, 0.3) is 5.91 Å². The number of aromatic amines is 1. The third kappa shape index (κ3) is 7.04. The van der Waals surface area contributed by atoms with Crippen molar-refractivity contribution in [3.05, 3.63) is 107 Å². The SMILES string of the molecule is COCCCN(CC(=O)N(CCc1c[nH]c2ccccc12)Cc1ccc(F)cc1)C(=O)c1cccc(F)c1. The fraction of sp³-hybridized carbons (Fsp3) is 0.267. The van der Waals surface area contributed by atoms with E-state index in [0.717, 1.165) is 22.0 Å². The number of ether oxygens (including phenoxy) is 1. The lowest BCUT2D eigenvalue weighted by atomic mass is 10.1. The van der Waals surface area contributed by atoms with Gasteiger partial charge in [-0.05, 0) is 60.4 Å². The molecule has 3 aromatic carbocycles. The molecule has 38 heavy (non-hydrogen) atoms. The maximum absolute atomic E-state index is 13.8. The van der Waals surface area contributed by atoms with Crippen LogP contribution in [0.2, 0.25) is 0 Å². The summed E-state index contributed by atoms with van der Waals surface area (Å²) in [6, 6.07) is 19.4. The van der Waals surface area contributed by atoms with E-state index in [1.165, 1.54) is 41.3 Å². The highest BCUT2D eigenvalue weighted by atomic mass is 19.1. The van der Waals surface area contributed by atoms with Crippen molar-refractivity contribution in [3.63, 3.8) is 0 Å². The fourth-order valence-corrected chi connectivity index (χ4v) is 4.42. The Labute approximate surface area is 220 Å². The summed E-state index contributed by atoms with van der Waals surface area (Å²) in [5.41, 5.74) is 3.05. The van der Waals surface area contributed by atoms with Gasteiger partial charge in [-0.15, -0.1) is 0 Å². The van der Waals surface area contributed by atoms with Gasteiger partial charge in [0, 0.05) is 56.0 Å². The number of benzene rings is 3. The summed E-state index contributed by atoms with van der Waals surface area (Å²) in [6.45, 7) is 1.19. The second-order valence-electron chi connectivity index (χ2n) is 9.13. The number of para-hydroxylation sites is 1. The Morgan fingerprint density at radius 3 is 2.45 bits per heavy atom. The summed E-state index contributed by atoms with van der Waals surface area (Å²) >= 11 is 0. The Bertz CT molecular complexity index is 1370. The first-order valence-electron chi connectivity index (χ1n) is 12.6. The van der Waals surface area contributed by atoms with Gasteiger partial charge in [0.15, 0.2) is 0 Å². The predicted octanol–water partition coefficient (Wildman–Crippen LogP) is 5.20. The number of halogens is 2. The number of nitrogens with one attached hydrogen (secondary N) is 1. The molecule has 4 rings (SSSR count). The van der Waals surface area contributed by atoms with Crippen LogP contribution in [0.4, 0.5) is 8.78 Å². The van der Waals surface area contributed by atoms with Gasteiger partial charge in [-0.2, -0.15) is 0 Å². The second-order valence-corrected chi connectivity index (χ2v) is 9.13. The topological polar surface area (TPSA) is 65.6 Å². The van der Waals surface area contributed by atoms with Crippen LogP contribution < -0.4 is 0 Å². The summed E-state index contributed by atoms with van der Waals surface area (Å²) in [7, 11) is 1.57. The molecular weight excluding hydrogens is 488 g/mol. The van der Waals surface area contributed by atoms with Crippen LogP contribution in [0.15, 0.2) is 79.0 Å². The minimum absolute atomic E-state index is 0.172. The van der Waals surface area contributed by atoms with Crippen molar-refractivity contribution in [1.29, 1.82) is 0 Å². The van der Waals surface area contributed by atoms with Crippen LogP contribution in [0.25, 0.3) is 10.9 Å². The third-order valence-electron chi connectivity index (χ3n) is 6.43. The van der Waals surface area contributed by atoms with Crippen LogP contribution in [0, 0.1) is 11.6 Å². The van der Waals surface area contributed by atoms with Gasteiger partial charge >= 0.3 is 0 Å². The molecule has 1 aromatic heterocycles. The molecule has 0 fully saturated rings. The molecule has 1 N–H and O–H groups in total. The van der Waals surface area contributed by atoms with E-state index in [-0.39, 0.29) is 36.9 Å².